The molecule has 0 aliphatic carbocycles. The van der Waals surface area contributed by atoms with Crippen LogP contribution in [0.1, 0.15) is 5.56 Å². The van der Waals surface area contributed by atoms with Crippen LogP contribution in [0.25, 0.3) is 11.1 Å². The number of ether oxygens (including phenoxy) is 2. The zero-order valence-corrected chi connectivity index (χ0v) is 13.2. The van der Waals surface area contributed by atoms with Gasteiger partial charge in [-0.15, -0.1) is 0 Å². The van der Waals surface area contributed by atoms with Crippen molar-refractivity contribution in [3.63, 3.8) is 0 Å². The van der Waals surface area contributed by atoms with Gasteiger partial charge in [-0.25, -0.2) is 0 Å². The summed E-state index contributed by atoms with van der Waals surface area (Å²) in [6.45, 7) is 0. The number of hydrogen-bond donors (Lipinski definition) is 3. The standard InChI is InChI=1S/C17H19NO5/c1-18-14(20)9-10-7-8-12(19)16(21)15(10)11-5-4-6-13(22-2)17(11)23-3/h4-8,19,21H,9H2,1-3H3,(H,18,20). The highest BCUT2D eigenvalue weighted by atomic mass is 16.5. The lowest BCUT2D eigenvalue weighted by atomic mass is 9.94. The van der Waals surface area contributed by atoms with E-state index < -0.39 is 0 Å². The van der Waals surface area contributed by atoms with Crippen LogP contribution in [0.2, 0.25) is 0 Å². The van der Waals surface area contributed by atoms with E-state index in [9.17, 15) is 15.0 Å². The third-order valence-electron chi connectivity index (χ3n) is 3.55. The number of carbonyl (C=O) groups is 1. The summed E-state index contributed by atoms with van der Waals surface area (Å²) in [5.41, 5.74) is 1.43. The summed E-state index contributed by atoms with van der Waals surface area (Å²) in [5, 5.41) is 22.7. The van der Waals surface area contributed by atoms with Crippen LogP contribution in [0.15, 0.2) is 30.3 Å². The van der Waals surface area contributed by atoms with Gasteiger partial charge in [0.2, 0.25) is 5.91 Å². The maximum Gasteiger partial charge on any atom is 0.224 e. The Morgan fingerprint density at radius 1 is 1.13 bits per heavy atom. The van der Waals surface area contributed by atoms with Crippen molar-refractivity contribution in [3.05, 3.63) is 35.9 Å². The van der Waals surface area contributed by atoms with E-state index in [1.165, 1.54) is 27.3 Å². The molecule has 0 saturated carbocycles. The van der Waals surface area contributed by atoms with Gasteiger partial charge in [-0.2, -0.15) is 0 Å². The van der Waals surface area contributed by atoms with Crippen molar-refractivity contribution in [1.29, 1.82) is 0 Å². The van der Waals surface area contributed by atoms with E-state index in [0.29, 0.717) is 28.2 Å². The number of likely N-dealkylation sites (N-methyl/N-ethyl adjacent to an activating group) is 1. The Balaban J connectivity index is 2.71. The fraction of sp³-hybridized carbons (Fsp3) is 0.235. The highest BCUT2D eigenvalue weighted by Crippen LogP contribution is 2.46. The molecule has 0 fully saturated rings. The number of nitrogens with one attached hydrogen (secondary N) is 1. The number of amides is 1. The molecule has 0 bridgehead atoms. The first-order chi connectivity index (χ1) is 11.0. The highest BCUT2D eigenvalue weighted by Gasteiger charge is 2.21. The molecule has 0 saturated heterocycles. The van der Waals surface area contributed by atoms with E-state index in [1.807, 2.05) is 0 Å². The molecule has 2 rings (SSSR count). The number of aromatic hydroxyl groups is 2. The minimum atomic E-state index is -0.307. The maximum atomic E-state index is 11.7. The third-order valence-corrected chi connectivity index (χ3v) is 3.55. The van der Waals surface area contributed by atoms with E-state index in [0.717, 1.165) is 0 Å². The topological polar surface area (TPSA) is 88.0 Å². The smallest absolute Gasteiger partial charge is 0.224 e. The number of para-hydroxylation sites is 1. The largest absolute Gasteiger partial charge is 0.504 e. The predicted octanol–water partition coefficient (Wildman–Crippen LogP) is 2.07. The Labute approximate surface area is 134 Å². The molecule has 3 N–H and O–H groups in total. The molecular formula is C17H19NO5. The highest BCUT2D eigenvalue weighted by molar-refractivity contribution is 5.87. The maximum absolute atomic E-state index is 11.7. The van der Waals surface area contributed by atoms with E-state index in [4.69, 9.17) is 9.47 Å². The van der Waals surface area contributed by atoms with Gasteiger partial charge in [0, 0.05) is 18.2 Å². The quantitative estimate of drug-likeness (QED) is 0.735. The molecule has 0 aromatic heterocycles. The third kappa shape index (κ3) is 3.15. The second-order valence-electron chi connectivity index (χ2n) is 4.86. The number of methoxy groups -OCH3 is 2. The fourth-order valence-corrected chi connectivity index (χ4v) is 2.42. The lowest BCUT2D eigenvalue weighted by Gasteiger charge is -2.17. The fourth-order valence-electron chi connectivity index (χ4n) is 2.42. The van der Waals surface area contributed by atoms with Crippen molar-refractivity contribution in [2.24, 2.45) is 0 Å². The van der Waals surface area contributed by atoms with Crippen molar-refractivity contribution < 1.29 is 24.5 Å². The summed E-state index contributed by atoms with van der Waals surface area (Å²) in [4.78, 5) is 11.7. The molecular weight excluding hydrogens is 298 g/mol. The predicted molar refractivity (Wildman–Crippen MR) is 86.1 cm³/mol. The Morgan fingerprint density at radius 3 is 2.48 bits per heavy atom. The molecule has 1 amide bonds. The van der Waals surface area contributed by atoms with Crippen molar-refractivity contribution in [1.82, 2.24) is 5.32 Å². The monoisotopic (exact) mass is 317 g/mol. The Morgan fingerprint density at radius 2 is 1.87 bits per heavy atom. The van der Waals surface area contributed by atoms with Crippen LogP contribution < -0.4 is 14.8 Å². The van der Waals surface area contributed by atoms with E-state index in [1.54, 1.807) is 24.3 Å². The van der Waals surface area contributed by atoms with Crippen molar-refractivity contribution in [3.8, 4) is 34.1 Å². The van der Waals surface area contributed by atoms with E-state index >= 15 is 0 Å². The van der Waals surface area contributed by atoms with Crippen LogP contribution in [0.3, 0.4) is 0 Å². The summed E-state index contributed by atoms with van der Waals surface area (Å²) >= 11 is 0. The molecule has 2 aromatic carbocycles. The van der Waals surface area contributed by atoms with Gasteiger partial charge in [-0.05, 0) is 17.7 Å². The van der Waals surface area contributed by atoms with E-state index in [2.05, 4.69) is 5.32 Å². The van der Waals surface area contributed by atoms with E-state index in [-0.39, 0.29) is 23.8 Å². The van der Waals surface area contributed by atoms with Gasteiger partial charge in [0.25, 0.3) is 0 Å². The second kappa shape index (κ2) is 6.91. The molecule has 23 heavy (non-hydrogen) atoms. The second-order valence-corrected chi connectivity index (χ2v) is 4.86. The van der Waals surface area contributed by atoms with Crippen molar-refractivity contribution >= 4 is 5.91 Å². The molecule has 0 aliphatic heterocycles. The molecule has 0 atom stereocenters. The summed E-state index contributed by atoms with van der Waals surface area (Å²) in [6.07, 6.45) is 0.0556. The molecule has 0 heterocycles. The van der Waals surface area contributed by atoms with Gasteiger partial charge in [-0.1, -0.05) is 18.2 Å². The van der Waals surface area contributed by atoms with Crippen LogP contribution in [-0.4, -0.2) is 37.4 Å². The molecule has 6 heteroatoms. The normalized spacial score (nSPS) is 10.2. The number of phenolic OH excluding ortho intramolecular Hbond substituents is 2. The van der Waals surface area contributed by atoms with Gasteiger partial charge in [0.15, 0.2) is 23.0 Å². The molecule has 0 spiro atoms. The summed E-state index contributed by atoms with van der Waals surface area (Å²) < 4.78 is 10.6. The van der Waals surface area contributed by atoms with Crippen LogP contribution in [-0.2, 0) is 11.2 Å². The summed E-state index contributed by atoms with van der Waals surface area (Å²) in [5.74, 6) is 0.106. The molecule has 122 valence electrons. The average Bonchev–Trinajstić information content (AvgIpc) is 2.57. The van der Waals surface area contributed by atoms with Crippen LogP contribution in [0.5, 0.6) is 23.0 Å². The van der Waals surface area contributed by atoms with Gasteiger partial charge in [0.05, 0.1) is 20.6 Å². The first-order valence-electron chi connectivity index (χ1n) is 6.99. The molecule has 0 radical (unpaired) electrons. The minimum Gasteiger partial charge on any atom is -0.504 e. The number of hydrogen-bond acceptors (Lipinski definition) is 5. The lowest BCUT2D eigenvalue weighted by Crippen LogP contribution is -2.20. The first kappa shape index (κ1) is 16.5. The average molecular weight is 317 g/mol. The molecule has 0 unspecified atom stereocenters. The lowest BCUT2D eigenvalue weighted by molar-refractivity contribution is -0.119. The zero-order chi connectivity index (χ0) is 17.0. The van der Waals surface area contributed by atoms with Crippen LogP contribution >= 0.6 is 0 Å². The molecule has 0 aliphatic rings. The van der Waals surface area contributed by atoms with Crippen LogP contribution in [0.4, 0.5) is 0 Å². The van der Waals surface area contributed by atoms with Crippen molar-refractivity contribution in [2.45, 2.75) is 6.42 Å². The first-order valence-corrected chi connectivity index (χ1v) is 6.99. The van der Waals surface area contributed by atoms with Crippen LogP contribution in [0, 0.1) is 0 Å². The summed E-state index contributed by atoms with van der Waals surface area (Å²) in [6, 6.07) is 8.13. The Hall–Kier alpha value is -2.89. The number of rotatable bonds is 5. The minimum absolute atomic E-state index is 0.0556. The Bertz CT molecular complexity index is 727. The Kier molecular flexibility index (Phi) is 4.95. The van der Waals surface area contributed by atoms with Gasteiger partial charge >= 0.3 is 0 Å². The van der Waals surface area contributed by atoms with Crippen molar-refractivity contribution in [2.75, 3.05) is 21.3 Å². The summed E-state index contributed by atoms with van der Waals surface area (Å²) in [7, 11) is 4.53. The van der Waals surface area contributed by atoms with Gasteiger partial charge in [0.1, 0.15) is 0 Å². The number of phenols is 2. The van der Waals surface area contributed by atoms with Gasteiger partial charge < -0.3 is 25.0 Å². The SMILES string of the molecule is CNC(=O)Cc1ccc(O)c(O)c1-c1cccc(OC)c1OC. The number of benzene rings is 2. The number of carbonyl (C=O) groups excluding carboxylic acids is 1. The molecule has 2 aromatic rings. The van der Waals surface area contributed by atoms with Gasteiger partial charge in [-0.3, -0.25) is 4.79 Å². The zero-order valence-electron chi connectivity index (χ0n) is 13.2. The molecule has 6 nitrogen and oxygen atoms in total.